The second-order valence-electron chi connectivity index (χ2n) is 5.56. The van der Waals surface area contributed by atoms with Gasteiger partial charge in [-0.1, -0.05) is 0 Å². The van der Waals surface area contributed by atoms with Crippen LogP contribution in [0.15, 0.2) is 12.1 Å². The van der Waals surface area contributed by atoms with Crippen LogP contribution >= 0.6 is 0 Å². The predicted octanol–water partition coefficient (Wildman–Crippen LogP) is 1.78. The molecule has 0 spiro atoms. The van der Waals surface area contributed by atoms with Crippen LogP contribution in [0.5, 0.6) is 11.5 Å². The fourth-order valence-corrected chi connectivity index (χ4v) is 2.65. The lowest BCUT2D eigenvalue weighted by Crippen LogP contribution is -2.38. The second-order valence-corrected chi connectivity index (χ2v) is 5.56. The number of nitro benzene ring substituents is 1. The van der Waals surface area contributed by atoms with E-state index in [9.17, 15) is 19.7 Å². The average molecular weight is 352 g/mol. The van der Waals surface area contributed by atoms with Crippen molar-refractivity contribution in [2.24, 2.45) is 0 Å². The number of amides is 1. The fraction of sp³-hybridized carbons (Fsp3) is 0.500. The minimum Gasteiger partial charge on any atom is -0.493 e. The molecule has 2 rings (SSSR count). The Morgan fingerprint density at radius 2 is 1.72 bits per heavy atom. The summed E-state index contributed by atoms with van der Waals surface area (Å²) in [7, 11) is 2.68. The number of esters is 1. The Balaban J connectivity index is 2.25. The molecule has 0 radical (unpaired) electrons. The van der Waals surface area contributed by atoms with Crippen molar-refractivity contribution in [2.45, 2.75) is 25.9 Å². The van der Waals surface area contributed by atoms with Gasteiger partial charge in [0, 0.05) is 19.2 Å². The third-order valence-corrected chi connectivity index (χ3v) is 3.97. The Morgan fingerprint density at radius 3 is 2.24 bits per heavy atom. The number of rotatable bonds is 6. The number of carbonyl (C=O) groups is 2. The zero-order valence-electron chi connectivity index (χ0n) is 14.3. The molecule has 0 unspecified atom stereocenters. The van der Waals surface area contributed by atoms with Crippen LogP contribution in [-0.4, -0.2) is 55.1 Å². The van der Waals surface area contributed by atoms with Gasteiger partial charge in [-0.2, -0.15) is 0 Å². The van der Waals surface area contributed by atoms with Crippen molar-refractivity contribution in [3.8, 4) is 11.5 Å². The Morgan fingerprint density at radius 1 is 1.16 bits per heavy atom. The summed E-state index contributed by atoms with van der Waals surface area (Å²) in [6.07, 6.45) is 0.791. The summed E-state index contributed by atoms with van der Waals surface area (Å²) in [4.78, 5) is 36.7. The van der Waals surface area contributed by atoms with Crippen molar-refractivity contribution in [3.63, 3.8) is 0 Å². The first-order valence-corrected chi connectivity index (χ1v) is 7.79. The number of benzene rings is 1. The number of nitro groups is 1. The average Bonchev–Trinajstić information content (AvgIpc) is 3.13. The van der Waals surface area contributed by atoms with Crippen molar-refractivity contribution in [2.75, 3.05) is 27.3 Å². The fourth-order valence-electron chi connectivity index (χ4n) is 2.65. The van der Waals surface area contributed by atoms with Gasteiger partial charge in [0.2, 0.25) is 0 Å². The van der Waals surface area contributed by atoms with E-state index in [-0.39, 0.29) is 23.0 Å². The minimum absolute atomic E-state index is 0.118. The predicted molar refractivity (Wildman–Crippen MR) is 86.9 cm³/mol. The third-order valence-electron chi connectivity index (χ3n) is 3.97. The van der Waals surface area contributed by atoms with Crippen LogP contribution < -0.4 is 9.47 Å². The van der Waals surface area contributed by atoms with Crippen LogP contribution in [0.4, 0.5) is 5.69 Å². The van der Waals surface area contributed by atoms with E-state index in [0.717, 1.165) is 18.9 Å². The molecule has 9 nitrogen and oxygen atoms in total. The third kappa shape index (κ3) is 3.98. The van der Waals surface area contributed by atoms with Gasteiger partial charge < -0.3 is 19.1 Å². The van der Waals surface area contributed by atoms with Crippen molar-refractivity contribution in [1.29, 1.82) is 0 Å². The number of hydrogen-bond donors (Lipinski definition) is 0. The van der Waals surface area contributed by atoms with E-state index in [1.807, 2.05) is 0 Å². The van der Waals surface area contributed by atoms with Crippen LogP contribution in [0.2, 0.25) is 0 Å². The zero-order chi connectivity index (χ0) is 18.6. The number of likely N-dealkylation sites (tertiary alicyclic amines) is 1. The number of ether oxygens (including phenoxy) is 3. The SMILES string of the molecule is COc1cc(C(=O)O[C@@H](C)C(=O)N2CCCC2)c([N+](=O)[O-])cc1OC. The Bertz CT molecular complexity index is 683. The topological polar surface area (TPSA) is 108 Å². The van der Waals surface area contributed by atoms with Gasteiger partial charge in [0.25, 0.3) is 11.6 Å². The maximum atomic E-state index is 12.4. The molecule has 0 aliphatic carbocycles. The van der Waals surface area contributed by atoms with E-state index in [0.29, 0.717) is 13.1 Å². The smallest absolute Gasteiger partial charge is 0.346 e. The molecule has 1 heterocycles. The maximum Gasteiger partial charge on any atom is 0.346 e. The maximum absolute atomic E-state index is 12.4. The van der Waals surface area contributed by atoms with Crippen LogP contribution in [0, 0.1) is 10.1 Å². The molecule has 1 amide bonds. The molecule has 1 aromatic rings. The second kappa shape index (κ2) is 7.82. The quantitative estimate of drug-likeness (QED) is 0.436. The zero-order valence-corrected chi connectivity index (χ0v) is 14.3. The first kappa shape index (κ1) is 18.5. The Hall–Kier alpha value is -2.84. The largest absolute Gasteiger partial charge is 0.493 e. The van der Waals surface area contributed by atoms with E-state index in [4.69, 9.17) is 14.2 Å². The molecule has 0 saturated carbocycles. The summed E-state index contributed by atoms with van der Waals surface area (Å²) in [6, 6.07) is 2.26. The highest BCUT2D eigenvalue weighted by Gasteiger charge is 2.30. The van der Waals surface area contributed by atoms with Gasteiger partial charge in [-0.25, -0.2) is 4.79 Å². The monoisotopic (exact) mass is 352 g/mol. The highest BCUT2D eigenvalue weighted by Crippen LogP contribution is 2.35. The minimum atomic E-state index is -1.03. The van der Waals surface area contributed by atoms with E-state index in [2.05, 4.69) is 0 Å². The summed E-state index contributed by atoms with van der Waals surface area (Å²) in [5.74, 6) is -1.01. The van der Waals surface area contributed by atoms with Gasteiger partial charge in [0.1, 0.15) is 5.56 Å². The molecule has 0 aromatic heterocycles. The number of methoxy groups -OCH3 is 2. The van der Waals surface area contributed by atoms with Crippen molar-refractivity contribution >= 4 is 17.6 Å². The molecular weight excluding hydrogens is 332 g/mol. The van der Waals surface area contributed by atoms with Gasteiger partial charge in [-0.15, -0.1) is 0 Å². The number of nitrogens with zero attached hydrogens (tertiary/aromatic N) is 2. The molecule has 25 heavy (non-hydrogen) atoms. The summed E-state index contributed by atoms with van der Waals surface area (Å²) in [5, 5.41) is 11.2. The molecular formula is C16H20N2O7. The highest BCUT2D eigenvalue weighted by atomic mass is 16.6. The van der Waals surface area contributed by atoms with Crippen molar-refractivity contribution in [3.05, 3.63) is 27.8 Å². The summed E-state index contributed by atoms with van der Waals surface area (Å²) in [5.41, 5.74) is -0.785. The summed E-state index contributed by atoms with van der Waals surface area (Å²) < 4.78 is 15.2. The number of hydrogen-bond acceptors (Lipinski definition) is 7. The molecule has 1 aromatic carbocycles. The molecule has 0 N–H and O–H groups in total. The Labute approximate surface area is 144 Å². The van der Waals surface area contributed by atoms with Crippen LogP contribution in [0.1, 0.15) is 30.1 Å². The number of carbonyl (C=O) groups excluding carboxylic acids is 2. The Kier molecular flexibility index (Phi) is 5.79. The lowest BCUT2D eigenvalue weighted by Gasteiger charge is -2.20. The van der Waals surface area contributed by atoms with Gasteiger partial charge in [-0.3, -0.25) is 14.9 Å². The summed E-state index contributed by atoms with van der Waals surface area (Å²) >= 11 is 0. The van der Waals surface area contributed by atoms with Gasteiger partial charge in [0.15, 0.2) is 17.6 Å². The molecule has 1 aliphatic heterocycles. The van der Waals surface area contributed by atoms with E-state index in [1.54, 1.807) is 4.90 Å². The first-order chi connectivity index (χ1) is 11.9. The van der Waals surface area contributed by atoms with Gasteiger partial charge in [0.05, 0.1) is 25.2 Å². The molecule has 136 valence electrons. The molecule has 1 saturated heterocycles. The summed E-state index contributed by atoms with van der Waals surface area (Å²) in [6.45, 7) is 2.69. The van der Waals surface area contributed by atoms with Crippen LogP contribution in [0.25, 0.3) is 0 Å². The van der Waals surface area contributed by atoms with Crippen LogP contribution in [0.3, 0.4) is 0 Å². The lowest BCUT2D eigenvalue weighted by atomic mass is 10.1. The van der Waals surface area contributed by atoms with E-state index in [1.165, 1.54) is 27.2 Å². The van der Waals surface area contributed by atoms with Crippen LogP contribution in [-0.2, 0) is 9.53 Å². The van der Waals surface area contributed by atoms with Crippen molar-refractivity contribution in [1.82, 2.24) is 4.90 Å². The molecule has 1 aliphatic rings. The molecule has 9 heteroatoms. The van der Waals surface area contributed by atoms with Gasteiger partial charge in [-0.05, 0) is 19.8 Å². The first-order valence-electron chi connectivity index (χ1n) is 7.79. The van der Waals surface area contributed by atoms with E-state index < -0.39 is 22.7 Å². The van der Waals surface area contributed by atoms with Crippen molar-refractivity contribution < 1.29 is 28.7 Å². The molecule has 0 bridgehead atoms. The standard InChI is InChI=1S/C16H20N2O7/c1-10(15(19)17-6-4-5-7-17)25-16(20)11-8-13(23-2)14(24-3)9-12(11)18(21)22/h8-10H,4-7H2,1-3H3/t10-/m0/s1. The van der Waals surface area contributed by atoms with Gasteiger partial charge >= 0.3 is 5.97 Å². The van der Waals surface area contributed by atoms with E-state index >= 15 is 0 Å². The molecule has 1 atom stereocenters. The molecule has 1 fully saturated rings. The highest BCUT2D eigenvalue weighted by molar-refractivity contribution is 5.96. The lowest BCUT2D eigenvalue weighted by molar-refractivity contribution is -0.385. The normalized spacial score (nSPS) is 14.8.